The Morgan fingerprint density at radius 3 is 2.35 bits per heavy atom. The largest absolute Gasteiger partial charge is 0.448 e. The summed E-state index contributed by atoms with van der Waals surface area (Å²) in [6.45, 7) is 4.94. The van der Waals surface area contributed by atoms with Crippen LogP contribution in [0.15, 0.2) is 24.3 Å². The van der Waals surface area contributed by atoms with Crippen LogP contribution in [0.25, 0.3) is 0 Å². The molecule has 0 atom stereocenters. The van der Waals surface area contributed by atoms with Crippen LogP contribution >= 0.6 is 11.6 Å². The molecule has 1 N–H and O–H groups in total. The zero-order valence-corrected chi connectivity index (χ0v) is 17.5. The Morgan fingerprint density at radius 2 is 1.84 bits per heavy atom. The molecule has 0 spiro atoms. The van der Waals surface area contributed by atoms with E-state index in [1.807, 2.05) is 0 Å². The van der Waals surface area contributed by atoms with Gasteiger partial charge in [0.25, 0.3) is 5.91 Å². The van der Waals surface area contributed by atoms with E-state index >= 15 is 0 Å². The van der Waals surface area contributed by atoms with E-state index in [0.29, 0.717) is 11.3 Å². The van der Waals surface area contributed by atoms with E-state index in [1.165, 1.54) is 4.90 Å². The Balaban J connectivity index is 1.99. The van der Waals surface area contributed by atoms with Crippen LogP contribution in [0.1, 0.15) is 48.0 Å². The molecule has 12 heteroatoms. The molecule has 1 aliphatic heterocycles. The average molecular weight is 459 g/mol. The number of ether oxygens (including phenoxy) is 1. The monoisotopic (exact) mass is 458 g/mol. The molecule has 0 unspecified atom stereocenters. The Morgan fingerprint density at radius 1 is 1.23 bits per heavy atom. The third-order valence-corrected chi connectivity index (χ3v) is 5.12. The summed E-state index contributed by atoms with van der Waals surface area (Å²) >= 11 is 5.65. The number of fused-ring (bicyclic) bond motifs is 1. The van der Waals surface area contributed by atoms with E-state index in [4.69, 9.17) is 16.3 Å². The molecule has 8 nitrogen and oxygen atoms in total. The zero-order chi connectivity index (χ0) is 23.1. The van der Waals surface area contributed by atoms with E-state index in [9.17, 15) is 27.6 Å². The molecule has 1 aliphatic rings. The first-order chi connectivity index (χ1) is 14.4. The van der Waals surface area contributed by atoms with E-state index in [-0.39, 0.29) is 24.5 Å². The fourth-order valence-corrected chi connectivity index (χ4v) is 3.56. The molecule has 2 heterocycles. The third kappa shape index (κ3) is 4.09. The maximum atomic E-state index is 12.8. The van der Waals surface area contributed by atoms with Crippen molar-refractivity contribution >= 4 is 34.8 Å². The summed E-state index contributed by atoms with van der Waals surface area (Å²) in [5, 5.41) is 5.97. The predicted octanol–water partition coefficient (Wildman–Crippen LogP) is 4.57. The molecule has 0 radical (unpaired) electrons. The molecule has 0 saturated carbocycles. The number of nitrogens with zero attached hydrogens (tertiary/aromatic N) is 3. The lowest BCUT2D eigenvalue weighted by atomic mass is 10.0. The number of carbonyl (C=O) groups is 3. The van der Waals surface area contributed by atoms with Crippen LogP contribution in [0.4, 0.5) is 28.6 Å². The highest BCUT2D eigenvalue weighted by molar-refractivity contribution is 6.62. The topological polar surface area (TPSA) is 93.5 Å². The van der Waals surface area contributed by atoms with Gasteiger partial charge in [0.2, 0.25) is 0 Å². The summed E-state index contributed by atoms with van der Waals surface area (Å²) in [5.41, 5.74) is -1.25. The third-order valence-electron chi connectivity index (χ3n) is 4.91. The van der Waals surface area contributed by atoms with Crippen LogP contribution in [0.5, 0.6) is 0 Å². The van der Waals surface area contributed by atoms with Crippen molar-refractivity contribution in [2.24, 2.45) is 0 Å². The summed E-state index contributed by atoms with van der Waals surface area (Å²) in [6, 6.07) is 3.59. The highest BCUT2D eigenvalue weighted by Gasteiger charge is 2.45. The van der Waals surface area contributed by atoms with Crippen molar-refractivity contribution in [3.05, 3.63) is 46.6 Å². The number of carbonyl (C=O) groups excluding carboxylic acids is 3. The summed E-state index contributed by atoms with van der Waals surface area (Å²) in [7, 11) is 0. The fraction of sp³-hybridized carbons (Fsp3) is 0.368. The van der Waals surface area contributed by atoms with Crippen molar-refractivity contribution in [3.8, 4) is 0 Å². The quantitative estimate of drug-likeness (QED) is 0.537. The number of anilines is 1. The van der Waals surface area contributed by atoms with Gasteiger partial charge in [0, 0.05) is 11.1 Å². The molecule has 0 saturated heterocycles. The lowest BCUT2D eigenvalue weighted by Gasteiger charge is -2.29. The van der Waals surface area contributed by atoms with E-state index in [0.717, 1.165) is 28.9 Å². The molecule has 0 fully saturated rings. The summed E-state index contributed by atoms with van der Waals surface area (Å²) in [6.07, 6.45) is -5.40. The number of nitrogens with one attached hydrogen (secondary N) is 1. The van der Waals surface area contributed by atoms with Gasteiger partial charge < -0.3 is 15.0 Å². The first kappa shape index (κ1) is 22.6. The van der Waals surface area contributed by atoms with E-state index < -0.39 is 34.6 Å². The average Bonchev–Trinajstić information content (AvgIpc) is 3.16. The van der Waals surface area contributed by atoms with Gasteiger partial charge >= 0.3 is 17.6 Å². The summed E-state index contributed by atoms with van der Waals surface area (Å²) in [4.78, 5) is 38.2. The van der Waals surface area contributed by atoms with Crippen LogP contribution in [0.2, 0.25) is 0 Å². The normalized spacial score (nSPS) is 14.9. The van der Waals surface area contributed by atoms with Gasteiger partial charge in [-0.05, 0) is 56.6 Å². The number of benzene rings is 1. The summed E-state index contributed by atoms with van der Waals surface area (Å²) in [5.74, 6) is -0.817. The lowest BCUT2D eigenvalue weighted by Crippen LogP contribution is -2.38. The molecule has 0 aliphatic carbocycles. The number of alkyl halides is 3. The van der Waals surface area contributed by atoms with Crippen molar-refractivity contribution < 1.29 is 32.3 Å². The number of rotatable bonds is 3. The number of hydrogen-bond acceptors (Lipinski definition) is 5. The van der Waals surface area contributed by atoms with Crippen molar-refractivity contribution in [2.75, 3.05) is 11.9 Å². The number of hydrogen-bond donors (Lipinski definition) is 1. The first-order valence-corrected chi connectivity index (χ1v) is 9.51. The minimum Gasteiger partial charge on any atom is -0.448 e. The van der Waals surface area contributed by atoms with Crippen molar-refractivity contribution in [3.63, 3.8) is 0 Å². The van der Waals surface area contributed by atoms with Gasteiger partial charge in [-0.3, -0.25) is 9.59 Å². The standard InChI is InChI=1S/C19H18ClF3N4O4/c1-4-31-17(30)27-14(12-9-26(16(20)29)18(2,3)13(12)25-27)24-15(28)10-5-7-11(8-6-10)19(21,22)23/h5-8H,4,9H2,1-3H3,(H,24,28). The van der Waals surface area contributed by atoms with Gasteiger partial charge in [0.05, 0.1) is 29.9 Å². The Bertz CT molecular complexity index is 1050. The number of aromatic nitrogens is 2. The molecule has 31 heavy (non-hydrogen) atoms. The maximum absolute atomic E-state index is 12.8. The second-order valence-electron chi connectivity index (χ2n) is 7.21. The zero-order valence-electron chi connectivity index (χ0n) is 16.7. The Kier molecular flexibility index (Phi) is 5.74. The minimum atomic E-state index is -4.54. The van der Waals surface area contributed by atoms with Crippen molar-refractivity contribution in [1.82, 2.24) is 14.7 Å². The Hall–Kier alpha value is -3.08. The molecule has 0 bridgehead atoms. The molecule has 3 rings (SSSR count). The highest BCUT2D eigenvalue weighted by atomic mass is 35.5. The van der Waals surface area contributed by atoms with Crippen molar-refractivity contribution in [2.45, 2.75) is 39.0 Å². The van der Waals surface area contributed by atoms with Gasteiger partial charge in [0.1, 0.15) is 5.82 Å². The second kappa shape index (κ2) is 7.88. The fourth-order valence-electron chi connectivity index (χ4n) is 3.29. The highest BCUT2D eigenvalue weighted by Crippen LogP contribution is 2.42. The molecule has 1 aromatic heterocycles. The van der Waals surface area contributed by atoms with Gasteiger partial charge in [-0.2, -0.15) is 18.3 Å². The molecular weight excluding hydrogens is 441 g/mol. The molecule has 1 aromatic carbocycles. The SMILES string of the molecule is CCOC(=O)n1nc2c(c1NC(=O)c1ccc(C(F)(F)F)cc1)CN(C(=O)Cl)C2(C)C. The van der Waals surface area contributed by atoms with Crippen molar-refractivity contribution in [1.29, 1.82) is 0 Å². The van der Waals surface area contributed by atoms with Crippen LogP contribution < -0.4 is 5.32 Å². The lowest BCUT2D eigenvalue weighted by molar-refractivity contribution is -0.137. The molecule has 2 amide bonds. The van der Waals surface area contributed by atoms with Gasteiger partial charge in [-0.1, -0.05) is 0 Å². The van der Waals surface area contributed by atoms with Crippen LogP contribution in [-0.2, 0) is 23.0 Å². The van der Waals surface area contributed by atoms with Crippen LogP contribution in [0.3, 0.4) is 0 Å². The van der Waals surface area contributed by atoms with E-state index in [1.54, 1.807) is 20.8 Å². The van der Waals surface area contributed by atoms with E-state index in [2.05, 4.69) is 10.4 Å². The smallest absolute Gasteiger partial charge is 0.436 e. The molecular formula is C19H18ClF3N4O4. The maximum Gasteiger partial charge on any atom is 0.436 e. The Labute approximate surface area is 179 Å². The first-order valence-electron chi connectivity index (χ1n) is 9.13. The molecule has 166 valence electrons. The van der Waals surface area contributed by atoms with Crippen LogP contribution in [-0.4, -0.2) is 38.7 Å². The van der Waals surface area contributed by atoms with Gasteiger partial charge in [-0.25, -0.2) is 4.79 Å². The summed E-state index contributed by atoms with van der Waals surface area (Å²) < 4.78 is 44.1. The number of amides is 2. The number of halogens is 4. The predicted molar refractivity (Wildman–Crippen MR) is 104 cm³/mol. The van der Waals surface area contributed by atoms with Gasteiger partial charge in [0.15, 0.2) is 0 Å². The minimum absolute atomic E-state index is 0.0350. The van der Waals surface area contributed by atoms with Gasteiger partial charge in [-0.15, -0.1) is 4.68 Å². The second-order valence-corrected chi connectivity index (χ2v) is 7.54. The molecule has 2 aromatic rings. The van der Waals surface area contributed by atoms with Crippen LogP contribution in [0, 0.1) is 0 Å².